The number of nitrogens with zero attached hydrogens (tertiary/aromatic N) is 4. The molecule has 5 heterocycles. The Balaban J connectivity index is 1.15. The number of carboxylic acid groups (broad SMARTS) is 1. The maximum absolute atomic E-state index is 13.4. The quantitative estimate of drug-likeness (QED) is 0.156. The van der Waals surface area contributed by atoms with Gasteiger partial charge in [0.2, 0.25) is 11.8 Å². The zero-order valence-electron chi connectivity index (χ0n) is 27.5. The summed E-state index contributed by atoms with van der Waals surface area (Å²) in [6.45, 7) is 1.48. The van der Waals surface area contributed by atoms with Gasteiger partial charge in [0.15, 0.2) is 0 Å². The number of carboxylic acids is 1. The fraction of sp³-hybridized carbons (Fsp3) is 0.243. The highest BCUT2D eigenvalue weighted by Crippen LogP contribution is 2.42. The zero-order valence-corrected chi connectivity index (χ0v) is 29.0. The average molecular weight is 727 g/mol. The standard InChI is InChI=1S/C37H33Cl2N7O5/c1-51-35-21(17-40-18-22-9-11-31(47)43-22)8-10-28(45-35)26-7-3-6-25(33(26)39)24-5-2-4-23(32(24)38)20-13-15-46-30(16-20)42-19-27(36(46)48)34-41-14-12-29(44-34)37(49)50/h2-8,10,13,15-16,19,22,29,40H,9,11-12,14,17-18H2,1H3,(H,41,44)(H,43,47)(H,49,50)/t22-,29-/m1/s1. The number of fused-ring (bicyclic) bond motifs is 1. The summed E-state index contributed by atoms with van der Waals surface area (Å²) in [5.41, 5.74) is 5.30. The van der Waals surface area contributed by atoms with Crippen molar-refractivity contribution in [2.45, 2.75) is 37.9 Å². The van der Waals surface area contributed by atoms with Gasteiger partial charge in [-0.25, -0.2) is 14.8 Å². The second-order valence-corrected chi connectivity index (χ2v) is 13.1. The largest absolute Gasteiger partial charge is 0.481 e. The molecule has 1 amide bonds. The Morgan fingerprint density at radius 1 is 0.980 bits per heavy atom. The lowest BCUT2D eigenvalue weighted by Crippen LogP contribution is -2.46. The molecule has 3 aromatic heterocycles. The molecule has 0 radical (unpaired) electrons. The molecule has 1 fully saturated rings. The molecule has 2 aliphatic heterocycles. The molecule has 0 saturated carbocycles. The first kappa shape index (κ1) is 34.2. The van der Waals surface area contributed by atoms with Gasteiger partial charge in [-0.1, -0.05) is 65.7 Å². The highest BCUT2D eigenvalue weighted by molar-refractivity contribution is 6.39. The number of carbonyl (C=O) groups excluding carboxylic acids is 1. The van der Waals surface area contributed by atoms with Gasteiger partial charge in [0.25, 0.3) is 5.56 Å². The monoisotopic (exact) mass is 725 g/mol. The molecule has 4 N–H and O–H groups in total. The number of hydrogen-bond donors (Lipinski definition) is 4. The van der Waals surface area contributed by atoms with Crippen molar-refractivity contribution >= 4 is 46.6 Å². The van der Waals surface area contributed by atoms with Gasteiger partial charge in [-0.3, -0.25) is 19.0 Å². The number of halogens is 2. The SMILES string of the molecule is COc1nc(-c2cccc(-c3cccc(-c4ccn5c(=O)c(C6=NCC[C@H](C(=O)O)N6)cnc5c4)c3Cl)c2Cl)ccc1CNC[C@H]1CCC(=O)N1. The van der Waals surface area contributed by atoms with Crippen molar-refractivity contribution in [2.24, 2.45) is 4.99 Å². The number of pyridine rings is 2. The molecular weight excluding hydrogens is 693 g/mol. The molecule has 12 nitrogen and oxygen atoms in total. The van der Waals surface area contributed by atoms with Crippen LogP contribution in [0.25, 0.3) is 39.2 Å². The van der Waals surface area contributed by atoms with Crippen LogP contribution in [0.15, 0.2) is 82.8 Å². The predicted molar refractivity (Wildman–Crippen MR) is 196 cm³/mol. The molecule has 7 rings (SSSR count). The van der Waals surface area contributed by atoms with E-state index in [2.05, 4.69) is 25.9 Å². The first-order valence-electron chi connectivity index (χ1n) is 16.4. The molecule has 0 spiro atoms. The Morgan fingerprint density at radius 2 is 1.73 bits per heavy atom. The first-order chi connectivity index (χ1) is 24.7. The van der Waals surface area contributed by atoms with Crippen LogP contribution in [-0.2, 0) is 16.1 Å². The smallest absolute Gasteiger partial charge is 0.326 e. The van der Waals surface area contributed by atoms with E-state index in [0.29, 0.717) is 82.0 Å². The summed E-state index contributed by atoms with van der Waals surface area (Å²) >= 11 is 14.2. The molecule has 2 aromatic carbocycles. The lowest BCUT2D eigenvalue weighted by molar-refractivity contribution is -0.139. The Morgan fingerprint density at radius 3 is 2.45 bits per heavy atom. The van der Waals surface area contributed by atoms with Crippen LogP contribution in [0.1, 0.15) is 30.4 Å². The molecule has 260 valence electrons. The van der Waals surface area contributed by atoms with Gasteiger partial charge in [0, 0.05) is 72.3 Å². The molecule has 5 aromatic rings. The average Bonchev–Trinajstić information content (AvgIpc) is 3.56. The molecule has 51 heavy (non-hydrogen) atoms. The highest BCUT2D eigenvalue weighted by Gasteiger charge is 2.25. The maximum Gasteiger partial charge on any atom is 0.326 e. The van der Waals surface area contributed by atoms with Crippen molar-refractivity contribution in [1.29, 1.82) is 0 Å². The van der Waals surface area contributed by atoms with E-state index in [9.17, 15) is 19.5 Å². The van der Waals surface area contributed by atoms with Gasteiger partial charge in [0.1, 0.15) is 23.1 Å². The van der Waals surface area contributed by atoms with E-state index >= 15 is 0 Å². The number of rotatable bonds is 10. The number of aromatic nitrogens is 3. The minimum Gasteiger partial charge on any atom is -0.481 e. The van der Waals surface area contributed by atoms with Gasteiger partial charge >= 0.3 is 5.97 Å². The normalized spacial score (nSPS) is 17.2. The van der Waals surface area contributed by atoms with Crippen molar-refractivity contribution in [2.75, 3.05) is 20.2 Å². The predicted octanol–water partition coefficient (Wildman–Crippen LogP) is 4.97. The van der Waals surface area contributed by atoms with Gasteiger partial charge in [-0.2, -0.15) is 0 Å². The summed E-state index contributed by atoms with van der Waals surface area (Å²) in [6, 6.07) is 18.0. The van der Waals surface area contributed by atoms with E-state index in [4.69, 9.17) is 32.9 Å². The molecule has 0 unspecified atom stereocenters. The number of amides is 1. The number of amidine groups is 1. The van der Waals surface area contributed by atoms with Crippen LogP contribution in [-0.4, -0.2) is 69.5 Å². The minimum atomic E-state index is -1.00. The van der Waals surface area contributed by atoms with Crippen molar-refractivity contribution in [1.82, 2.24) is 30.3 Å². The Kier molecular flexibility index (Phi) is 9.72. The summed E-state index contributed by atoms with van der Waals surface area (Å²) in [7, 11) is 1.58. The lowest BCUT2D eigenvalue weighted by atomic mass is 9.97. The maximum atomic E-state index is 13.4. The van der Waals surface area contributed by atoms with E-state index in [0.717, 1.165) is 17.5 Å². The van der Waals surface area contributed by atoms with Crippen molar-refractivity contribution in [3.63, 3.8) is 0 Å². The second kappa shape index (κ2) is 14.5. The number of aliphatic carboxylic acids is 1. The molecule has 2 atom stereocenters. The number of aliphatic imine (C=N–C) groups is 1. The van der Waals surface area contributed by atoms with Crippen LogP contribution in [0.5, 0.6) is 5.88 Å². The molecule has 2 aliphatic rings. The van der Waals surface area contributed by atoms with Gasteiger partial charge in [-0.05, 0) is 36.6 Å². The van der Waals surface area contributed by atoms with E-state index in [1.165, 1.54) is 10.6 Å². The molecular formula is C37H33Cl2N7O5. The second-order valence-electron chi connectivity index (χ2n) is 12.3. The van der Waals surface area contributed by atoms with Crippen LogP contribution in [0, 0.1) is 0 Å². The Hall–Kier alpha value is -5.30. The minimum absolute atomic E-state index is 0.0833. The third-order valence-electron chi connectivity index (χ3n) is 9.06. The third-order valence-corrected chi connectivity index (χ3v) is 9.87. The van der Waals surface area contributed by atoms with Crippen molar-refractivity contribution < 1.29 is 19.4 Å². The summed E-state index contributed by atoms with van der Waals surface area (Å²) in [5, 5.41) is 19.5. The molecule has 0 aliphatic carbocycles. The van der Waals surface area contributed by atoms with E-state index in [1.54, 1.807) is 25.4 Å². The van der Waals surface area contributed by atoms with Crippen LogP contribution in [0.2, 0.25) is 10.0 Å². The number of hydrogen-bond acceptors (Lipinski definition) is 9. The van der Waals surface area contributed by atoms with E-state index in [-0.39, 0.29) is 28.9 Å². The number of carbonyl (C=O) groups is 2. The fourth-order valence-corrected chi connectivity index (χ4v) is 7.05. The van der Waals surface area contributed by atoms with Crippen LogP contribution in [0.4, 0.5) is 0 Å². The summed E-state index contributed by atoms with van der Waals surface area (Å²) in [6.07, 6.45) is 4.73. The zero-order chi connectivity index (χ0) is 35.6. The molecule has 0 bridgehead atoms. The lowest BCUT2D eigenvalue weighted by Gasteiger charge is -2.21. The van der Waals surface area contributed by atoms with Crippen LogP contribution >= 0.6 is 23.2 Å². The topological polar surface area (TPSA) is 159 Å². The van der Waals surface area contributed by atoms with Crippen LogP contribution < -0.4 is 26.2 Å². The summed E-state index contributed by atoms with van der Waals surface area (Å²) in [5.74, 6) is -0.231. The highest BCUT2D eigenvalue weighted by atomic mass is 35.5. The molecule has 14 heteroatoms. The van der Waals surface area contributed by atoms with Crippen molar-refractivity contribution in [3.8, 4) is 39.4 Å². The first-order valence-corrected chi connectivity index (χ1v) is 17.1. The number of methoxy groups -OCH3 is 1. The van der Waals surface area contributed by atoms with E-state index in [1.807, 2.05) is 48.5 Å². The number of nitrogens with one attached hydrogen (secondary N) is 3. The number of ether oxygens (including phenoxy) is 1. The van der Waals surface area contributed by atoms with Gasteiger partial charge in [0.05, 0.1) is 22.8 Å². The number of benzene rings is 2. The Bertz CT molecular complexity index is 2270. The summed E-state index contributed by atoms with van der Waals surface area (Å²) < 4.78 is 7.02. The molecule has 1 saturated heterocycles. The Labute approximate surface area is 302 Å². The van der Waals surface area contributed by atoms with Gasteiger partial charge in [-0.15, -0.1) is 0 Å². The van der Waals surface area contributed by atoms with E-state index < -0.39 is 12.0 Å². The van der Waals surface area contributed by atoms with Crippen molar-refractivity contribution in [3.05, 3.63) is 105 Å². The third kappa shape index (κ3) is 6.90. The summed E-state index contributed by atoms with van der Waals surface area (Å²) in [4.78, 5) is 50.0. The van der Waals surface area contributed by atoms with Crippen LogP contribution in [0.3, 0.4) is 0 Å². The fourth-order valence-electron chi connectivity index (χ4n) is 6.38. The van der Waals surface area contributed by atoms with Gasteiger partial charge < -0.3 is 25.8 Å².